The van der Waals surface area contributed by atoms with Crippen molar-refractivity contribution < 1.29 is 14.2 Å². The van der Waals surface area contributed by atoms with E-state index in [1.54, 1.807) is 7.11 Å². The number of hydrogen-bond donors (Lipinski definition) is 0. The van der Waals surface area contributed by atoms with E-state index in [0.29, 0.717) is 13.2 Å². The summed E-state index contributed by atoms with van der Waals surface area (Å²) >= 11 is 0. The second-order valence-electron chi connectivity index (χ2n) is 2.95. The maximum Gasteiger partial charge on any atom is 0.104 e. The first kappa shape index (κ1) is 12.9. The van der Waals surface area contributed by atoms with Crippen molar-refractivity contribution in [1.82, 2.24) is 0 Å². The monoisotopic (exact) mass is 190 g/mol. The van der Waals surface area contributed by atoms with Crippen LogP contribution < -0.4 is 0 Å². The first-order valence-electron chi connectivity index (χ1n) is 5.03. The highest BCUT2D eigenvalue weighted by Crippen LogP contribution is 1.95. The minimum Gasteiger partial charge on any atom is -0.379 e. The number of hydrogen-bond acceptors (Lipinski definition) is 3. The third-order valence-corrected chi connectivity index (χ3v) is 1.79. The molecule has 0 aromatic carbocycles. The van der Waals surface area contributed by atoms with Gasteiger partial charge in [-0.05, 0) is 13.3 Å². The first-order chi connectivity index (χ1) is 6.35. The van der Waals surface area contributed by atoms with Crippen LogP contribution in [0.4, 0.5) is 0 Å². The van der Waals surface area contributed by atoms with E-state index in [9.17, 15) is 0 Å². The molecule has 0 aliphatic heterocycles. The summed E-state index contributed by atoms with van der Waals surface area (Å²) in [5.74, 6) is 0. The van der Waals surface area contributed by atoms with Crippen LogP contribution in [0.25, 0.3) is 0 Å². The highest BCUT2D eigenvalue weighted by atomic mass is 16.6. The summed E-state index contributed by atoms with van der Waals surface area (Å²) in [7, 11) is 1.69. The number of rotatable bonds is 9. The van der Waals surface area contributed by atoms with E-state index in [-0.39, 0.29) is 6.10 Å². The molecule has 0 bridgehead atoms. The average molecular weight is 190 g/mol. The van der Waals surface area contributed by atoms with Gasteiger partial charge in [-0.15, -0.1) is 0 Å². The number of ether oxygens (including phenoxy) is 3. The molecule has 0 aliphatic rings. The summed E-state index contributed by atoms with van der Waals surface area (Å²) in [5.41, 5.74) is 0. The van der Waals surface area contributed by atoms with E-state index in [2.05, 4.69) is 6.92 Å². The van der Waals surface area contributed by atoms with Gasteiger partial charge in [-0.2, -0.15) is 0 Å². The minimum absolute atomic E-state index is 0.0804. The fourth-order valence-electron chi connectivity index (χ4n) is 0.895. The average Bonchev–Trinajstić information content (AvgIpc) is 2.17. The molecule has 0 N–H and O–H groups in total. The van der Waals surface area contributed by atoms with Crippen molar-refractivity contribution in [2.24, 2.45) is 0 Å². The zero-order valence-corrected chi connectivity index (χ0v) is 9.04. The van der Waals surface area contributed by atoms with Crippen molar-refractivity contribution in [2.75, 3.05) is 33.5 Å². The van der Waals surface area contributed by atoms with Crippen LogP contribution in [0.2, 0.25) is 0 Å². The lowest BCUT2D eigenvalue weighted by atomic mass is 10.3. The van der Waals surface area contributed by atoms with Gasteiger partial charge < -0.3 is 14.2 Å². The molecule has 3 nitrogen and oxygen atoms in total. The van der Waals surface area contributed by atoms with Gasteiger partial charge in [0.1, 0.15) is 6.10 Å². The summed E-state index contributed by atoms with van der Waals surface area (Å²) in [6.07, 6.45) is 2.37. The standard InChI is InChI=1S/C10H22O3/c1-4-6-7-13-9-10(11-3)8-12-5-2/h10H,4-9H2,1-3H3. The Morgan fingerprint density at radius 1 is 1.08 bits per heavy atom. The van der Waals surface area contributed by atoms with E-state index in [1.807, 2.05) is 6.92 Å². The van der Waals surface area contributed by atoms with Gasteiger partial charge in [0.25, 0.3) is 0 Å². The lowest BCUT2D eigenvalue weighted by Gasteiger charge is -2.14. The third-order valence-electron chi connectivity index (χ3n) is 1.79. The van der Waals surface area contributed by atoms with E-state index in [0.717, 1.165) is 19.6 Å². The largest absolute Gasteiger partial charge is 0.379 e. The van der Waals surface area contributed by atoms with Gasteiger partial charge in [-0.3, -0.25) is 0 Å². The Kier molecular flexibility index (Phi) is 9.87. The number of methoxy groups -OCH3 is 1. The predicted octanol–water partition coefficient (Wildman–Crippen LogP) is 1.85. The first-order valence-corrected chi connectivity index (χ1v) is 5.03. The van der Waals surface area contributed by atoms with Crippen molar-refractivity contribution in [3.8, 4) is 0 Å². The summed E-state index contributed by atoms with van der Waals surface area (Å²) < 4.78 is 15.8. The van der Waals surface area contributed by atoms with Gasteiger partial charge in [0.15, 0.2) is 0 Å². The lowest BCUT2D eigenvalue weighted by molar-refractivity contribution is -0.0389. The maximum absolute atomic E-state index is 5.42. The Balaban J connectivity index is 3.25. The van der Waals surface area contributed by atoms with E-state index in [1.165, 1.54) is 6.42 Å². The SMILES string of the molecule is CCCCOCC(COCC)OC. The zero-order valence-electron chi connectivity index (χ0n) is 9.04. The second kappa shape index (κ2) is 9.96. The van der Waals surface area contributed by atoms with Crippen molar-refractivity contribution in [1.29, 1.82) is 0 Å². The normalized spacial score (nSPS) is 13.2. The molecule has 0 spiro atoms. The van der Waals surface area contributed by atoms with Crippen LogP contribution in [0.3, 0.4) is 0 Å². The molecule has 0 rings (SSSR count). The van der Waals surface area contributed by atoms with Crippen LogP contribution in [0.1, 0.15) is 26.7 Å². The predicted molar refractivity (Wildman–Crippen MR) is 53.0 cm³/mol. The molecule has 13 heavy (non-hydrogen) atoms. The molecule has 3 heteroatoms. The van der Waals surface area contributed by atoms with Gasteiger partial charge >= 0.3 is 0 Å². The molecule has 1 atom stereocenters. The van der Waals surface area contributed by atoms with E-state index in [4.69, 9.17) is 14.2 Å². The molecular formula is C10H22O3. The zero-order chi connectivity index (χ0) is 9.94. The summed E-state index contributed by atoms with van der Waals surface area (Å²) in [4.78, 5) is 0. The molecule has 0 radical (unpaired) electrons. The highest BCUT2D eigenvalue weighted by molar-refractivity contribution is 4.53. The van der Waals surface area contributed by atoms with Gasteiger partial charge in [-0.25, -0.2) is 0 Å². The van der Waals surface area contributed by atoms with Crippen LogP contribution in [0.15, 0.2) is 0 Å². The Hall–Kier alpha value is -0.120. The van der Waals surface area contributed by atoms with Crippen molar-refractivity contribution in [3.63, 3.8) is 0 Å². The quantitative estimate of drug-likeness (QED) is 0.519. The topological polar surface area (TPSA) is 27.7 Å². The van der Waals surface area contributed by atoms with Crippen LogP contribution in [-0.4, -0.2) is 39.6 Å². The molecule has 0 saturated heterocycles. The van der Waals surface area contributed by atoms with Gasteiger partial charge in [-0.1, -0.05) is 13.3 Å². The molecule has 0 saturated carbocycles. The van der Waals surface area contributed by atoms with E-state index < -0.39 is 0 Å². The molecule has 80 valence electrons. The molecule has 0 aliphatic carbocycles. The van der Waals surface area contributed by atoms with Crippen LogP contribution in [-0.2, 0) is 14.2 Å². The van der Waals surface area contributed by atoms with Gasteiger partial charge in [0.2, 0.25) is 0 Å². The molecule has 0 aromatic rings. The molecule has 0 heterocycles. The second-order valence-corrected chi connectivity index (χ2v) is 2.95. The van der Waals surface area contributed by atoms with Gasteiger partial charge in [0, 0.05) is 20.3 Å². The Morgan fingerprint density at radius 3 is 2.31 bits per heavy atom. The molecule has 1 unspecified atom stereocenters. The molecule has 0 fully saturated rings. The van der Waals surface area contributed by atoms with Crippen LogP contribution in [0, 0.1) is 0 Å². The lowest BCUT2D eigenvalue weighted by Crippen LogP contribution is -2.24. The summed E-state index contributed by atoms with van der Waals surface area (Å²) in [6.45, 7) is 6.94. The molecular weight excluding hydrogens is 168 g/mol. The highest BCUT2D eigenvalue weighted by Gasteiger charge is 2.06. The van der Waals surface area contributed by atoms with Crippen LogP contribution >= 0.6 is 0 Å². The van der Waals surface area contributed by atoms with Crippen molar-refractivity contribution in [2.45, 2.75) is 32.8 Å². The molecule has 0 amide bonds. The number of unbranched alkanes of at least 4 members (excludes halogenated alkanes) is 1. The summed E-state index contributed by atoms with van der Waals surface area (Å²) in [6, 6.07) is 0. The van der Waals surface area contributed by atoms with Crippen molar-refractivity contribution >= 4 is 0 Å². The Labute approximate surface area is 81.4 Å². The fourth-order valence-corrected chi connectivity index (χ4v) is 0.895. The Bertz CT molecular complexity index is 96.2. The third kappa shape index (κ3) is 8.22. The smallest absolute Gasteiger partial charge is 0.104 e. The summed E-state index contributed by atoms with van der Waals surface area (Å²) in [5, 5.41) is 0. The fraction of sp³-hybridized carbons (Fsp3) is 1.00. The van der Waals surface area contributed by atoms with Gasteiger partial charge in [0.05, 0.1) is 13.2 Å². The van der Waals surface area contributed by atoms with Crippen LogP contribution in [0.5, 0.6) is 0 Å². The molecule has 0 aromatic heterocycles. The van der Waals surface area contributed by atoms with E-state index >= 15 is 0 Å². The minimum atomic E-state index is 0.0804. The maximum atomic E-state index is 5.42. The Morgan fingerprint density at radius 2 is 1.77 bits per heavy atom. The van der Waals surface area contributed by atoms with Crippen molar-refractivity contribution in [3.05, 3.63) is 0 Å².